The maximum atomic E-state index is 13.5. The average Bonchev–Trinajstić information content (AvgIpc) is 2.87. The molecule has 1 atom stereocenters. The molecule has 0 saturated carbocycles. The fourth-order valence-corrected chi connectivity index (χ4v) is 1.93. The molecule has 1 heterocycles. The highest BCUT2D eigenvalue weighted by molar-refractivity contribution is 5.20. The molecule has 0 saturated heterocycles. The highest BCUT2D eigenvalue weighted by atomic mass is 19.4. The fraction of sp³-hybridized carbons (Fsp3) is 0.429. The highest BCUT2D eigenvalue weighted by Gasteiger charge is 2.30. The molecule has 0 fully saturated rings. The van der Waals surface area contributed by atoms with Crippen molar-refractivity contribution < 1.29 is 27.2 Å². The zero-order chi connectivity index (χ0) is 16.9. The number of benzene rings is 1. The molecule has 0 aliphatic carbocycles. The van der Waals surface area contributed by atoms with E-state index >= 15 is 0 Å². The monoisotopic (exact) mass is 333 g/mol. The smallest absolute Gasteiger partial charge is 0.391 e. The van der Waals surface area contributed by atoms with Gasteiger partial charge in [-0.3, -0.25) is 0 Å². The third-order valence-corrected chi connectivity index (χ3v) is 2.94. The van der Waals surface area contributed by atoms with Gasteiger partial charge in [0.1, 0.15) is 5.82 Å². The second kappa shape index (κ2) is 7.51. The van der Waals surface area contributed by atoms with Crippen molar-refractivity contribution in [1.82, 2.24) is 15.5 Å². The van der Waals surface area contributed by atoms with Gasteiger partial charge >= 0.3 is 6.18 Å². The SMILES string of the molecule is OC(CNCc1nc(Cc2ccccc2F)no1)CC(F)(F)F. The van der Waals surface area contributed by atoms with Gasteiger partial charge < -0.3 is 14.9 Å². The Labute approximate surface area is 129 Å². The molecule has 1 unspecified atom stereocenters. The number of nitrogens with one attached hydrogen (secondary N) is 1. The Morgan fingerprint density at radius 2 is 2.00 bits per heavy atom. The van der Waals surface area contributed by atoms with Crippen molar-refractivity contribution >= 4 is 0 Å². The van der Waals surface area contributed by atoms with Crippen LogP contribution in [0.2, 0.25) is 0 Å². The second-order valence-corrected chi connectivity index (χ2v) is 4.98. The lowest BCUT2D eigenvalue weighted by atomic mass is 10.1. The van der Waals surface area contributed by atoms with Crippen molar-refractivity contribution in [3.63, 3.8) is 0 Å². The summed E-state index contributed by atoms with van der Waals surface area (Å²) in [6, 6.07) is 6.16. The van der Waals surface area contributed by atoms with Crippen LogP contribution in [0.15, 0.2) is 28.8 Å². The van der Waals surface area contributed by atoms with Crippen LogP contribution in [-0.2, 0) is 13.0 Å². The van der Waals surface area contributed by atoms with E-state index in [-0.39, 0.29) is 37.0 Å². The molecule has 0 radical (unpaired) electrons. The number of aliphatic hydroxyl groups excluding tert-OH is 1. The van der Waals surface area contributed by atoms with E-state index in [1.54, 1.807) is 18.2 Å². The predicted molar refractivity (Wildman–Crippen MR) is 71.9 cm³/mol. The molecule has 2 aromatic rings. The quantitative estimate of drug-likeness (QED) is 0.760. The molecule has 1 aromatic heterocycles. The van der Waals surface area contributed by atoms with Crippen LogP contribution in [0.5, 0.6) is 0 Å². The lowest BCUT2D eigenvalue weighted by molar-refractivity contribution is -0.152. The zero-order valence-electron chi connectivity index (χ0n) is 12.0. The number of rotatable bonds is 7. The van der Waals surface area contributed by atoms with E-state index in [9.17, 15) is 22.7 Å². The Morgan fingerprint density at radius 1 is 1.26 bits per heavy atom. The van der Waals surface area contributed by atoms with Gasteiger partial charge in [-0.05, 0) is 11.6 Å². The lowest BCUT2D eigenvalue weighted by Crippen LogP contribution is -2.30. The maximum Gasteiger partial charge on any atom is 0.391 e. The van der Waals surface area contributed by atoms with E-state index in [4.69, 9.17) is 4.52 Å². The normalized spacial score (nSPS) is 13.3. The molecular weight excluding hydrogens is 318 g/mol. The predicted octanol–water partition coefficient (Wildman–Crippen LogP) is 2.20. The molecule has 126 valence electrons. The summed E-state index contributed by atoms with van der Waals surface area (Å²) >= 11 is 0. The van der Waals surface area contributed by atoms with Crippen LogP contribution in [0.1, 0.15) is 23.7 Å². The largest absolute Gasteiger partial charge is 0.391 e. The molecule has 2 rings (SSSR count). The van der Waals surface area contributed by atoms with Crippen molar-refractivity contribution in [2.45, 2.75) is 31.7 Å². The molecule has 0 bridgehead atoms. The summed E-state index contributed by atoms with van der Waals surface area (Å²) in [5, 5.41) is 15.5. The number of alkyl halides is 3. The molecule has 0 aliphatic rings. The van der Waals surface area contributed by atoms with Crippen molar-refractivity contribution in [3.05, 3.63) is 47.4 Å². The van der Waals surface area contributed by atoms with Gasteiger partial charge in [0.05, 0.1) is 19.1 Å². The molecule has 23 heavy (non-hydrogen) atoms. The van der Waals surface area contributed by atoms with E-state index in [1.807, 2.05) is 0 Å². The van der Waals surface area contributed by atoms with Gasteiger partial charge in [-0.15, -0.1) is 0 Å². The zero-order valence-corrected chi connectivity index (χ0v) is 12.0. The number of aromatic nitrogens is 2. The van der Waals surface area contributed by atoms with Gasteiger partial charge in [0.2, 0.25) is 5.89 Å². The Balaban J connectivity index is 1.80. The van der Waals surface area contributed by atoms with Gasteiger partial charge in [0.15, 0.2) is 5.82 Å². The van der Waals surface area contributed by atoms with E-state index in [1.165, 1.54) is 6.07 Å². The molecule has 9 heteroatoms. The summed E-state index contributed by atoms with van der Waals surface area (Å²) in [6.45, 7) is -0.246. The minimum Gasteiger partial charge on any atom is -0.391 e. The van der Waals surface area contributed by atoms with E-state index in [0.717, 1.165) is 0 Å². The second-order valence-electron chi connectivity index (χ2n) is 4.98. The lowest BCUT2D eigenvalue weighted by Gasteiger charge is -2.12. The Hall–Kier alpha value is -2.00. The number of halogens is 4. The number of aliphatic hydroxyl groups is 1. The Bertz CT molecular complexity index is 630. The van der Waals surface area contributed by atoms with Crippen molar-refractivity contribution in [1.29, 1.82) is 0 Å². The summed E-state index contributed by atoms with van der Waals surface area (Å²) < 4.78 is 54.5. The van der Waals surface area contributed by atoms with Crippen LogP contribution < -0.4 is 5.32 Å². The summed E-state index contributed by atoms with van der Waals surface area (Å²) in [7, 11) is 0. The van der Waals surface area contributed by atoms with E-state index in [0.29, 0.717) is 5.56 Å². The number of nitrogens with zero attached hydrogens (tertiary/aromatic N) is 2. The van der Waals surface area contributed by atoms with Gasteiger partial charge in [-0.2, -0.15) is 18.2 Å². The van der Waals surface area contributed by atoms with E-state index < -0.39 is 18.7 Å². The minimum atomic E-state index is -4.42. The van der Waals surface area contributed by atoms with Gasteiger partial charge in [-0.25, -0.2) is 4.39 Å². The van der Waals surface area contributed by atoms with Crippen LogP contribution in [0, 0.1) is 5.82 Å². The summed E-state index contributed by atoms with van der Waals surface area (Å²) in [6.07, 6.45) is -7.11. The number of hydrogen-bond acceptors (Lipinski definition) is 5. The first-order valence-corrected chi connectivity index (χ1v) is 6.84. The van der Waals surface area contributed by atoms with Crippen LogP contribution >= 0.6 is 0 Å². The topological polar surface area (TPSA) is 71.2 Å². The summed E-state index contributed by atoms with van der Waals surface area (Å²) in [5.74, 6) is 0.0329. The molecule has 1 aromatic carbocycles. The Kier molecular flexibility index (Phi) is 5.67. The highest BCUT2D eigenvalue weighted by Crippen LogP contribution is 2.21. The third kappa shape index (κ3) is 5.95. The maximum absolute atomic E-state index is 13.5. The fourth-order valence-electron chi connectivity index (χ4n) is 1.93. The standard InChI is InChI=1S/C14H15F4N3O2/c15-11-4-2-1-3-9(11)5-12-20-13(23-21-12)8-19-7-10(22)6-14(16,17)18/h1-4,10,19,22H,5-8H2. The Morgan fingerprint density at radius 3 is 2.70 bits per heavy atom. The van der Waals surface area contributed by atoms with Crippen molar-refractivity contribution in [2.24, 2.45) is 0 Å². The van der Waals surface area contributed by atoms with Crippen LogP contribution in [0.4, 0.5) is 17.6 Å². The average molecular weight is 333 g/mol. The first-order chi connectivity index (χ1) is 10.8. The summed E-state index contributed by atoms with van der Waals surface area (Å²) in [5.41, 5.74) is 0.411. The van der Waals surface area contributed by atoms with Gasteiger partial charge in [-0.1, -0.05) is 23.4 Å². The molecule has 0 spiro atoms. The van der Waals surface area contributed by atoms with E-state index in [2.05, 4.69) is 15.5 Å². The molecule has 0 aliphatic heterocycles. The molecule has 2 N–H and O–H groups in total. The minimum absolute atomic E-state index is 0.0131. The van der Waals surface area contributed by atoms with Crippen molar-refractivity contribution in [2.75, 3.05) is 6.54 Å². The first kappa shape index (κ1) is 17.4. The van der Waals surface area contributed by atoms with Gasteiger partial charge in [0.25, 0.3) is 0 Å². The van der Waals surface area contributed by atoms with Crippen LogP contribution in [0.3, 0.4) is 0 Å². The third-order valence-electron chi connectivity index (χ3n) is 2.94. The van der Waals surface area contributed by atoms with Crippen LogP contribution in [0.25, 0.3) is 0 Å². The first-order valence-electron chi connectivity index (χ1n) is 6.84. The molecular formula is C14H15F4N3O2. The van der Waals surface area contributed by atoms with Crippen LogP contribution in [-0.4, -0.2) is 34.1 Å². The number of hydrogen-bond donors (Lipinski definition) is 2. The van der Waals surface area contributed by atoms with Crippen molar-refractivity contribution in [3.8, 4) is 0 Å². The summed E-state index contributed by atoms with van der Waals surface area (Å²) in [4.78, 5) is 4.01. The molecule has 0 amide bonds. The van der Waals surface area contributed by atoms with Gasteiger partial charge in [0, 0.05) is 13.0 Å². The molecule has 5 nitrogen and oxygen atoms in total.